The Morgan fingerprint density at radius 2 is 1.71 bits per heavy atom. The molecule has 1 aliphatic carbocycles. The summed E-state index contributed by atoms with van der Waals surface area (Å²) in [4.78, 5) is 25.6. The zero-order valence-corrected chi connectivity index (χ0v) is 16.6. The van der Waals surface area contributed by atoms with Crippen molar-refractivity contribution in [1.82, 2.24) is 4.90 Å². The highest BCUT2D eigenvalue weighted by Crippen LogP contribution is 2.29. The first-order valence-electron chi connectivity index (χ1n) is 8.60. The number of hydrogen-bond acceptors (Lipinski definition) is 3. The van der Waals surface area contributed by atoms with Crippen LogP contribution in [0.25, 0.3) is 0 Å². The topological polar surface area (TPSA) is 69.6 Å². The maximum Gasteiger partial charge on any atom is 0.335 e. The van der Waals surface area contributed by atoms with E-state index in [9.17, 15) is 9.59 Å². The van der Waals surface area contributed by atoms with Gasteiger partial charge in [-0.15, -0.1) is 0 Å². The van der Waals surface area contributed by atoms with Crippen molar-refractivity contribution in [3.8, 4) is 0 Å². The lowest BCUT2D eigenvalue weighted by Gasteiger charge is -2.26. The average molecular weight is 417 g/mol. The molecule has 0 atom stereocenters. The molecule has 0 aromatic heterocycles. The van der Waals surface area contributed by atoms with E-state index in [4.69, 9.17) is 28.3 Å². The van der Waals surface area contributed by atoms with Gasteiger partial charge in [0, 0.05) is 18.4 Å². The van der Waals surface area contributed by atoms with Crippen molar-refractivity contribution >= 4 is 40.8 Å². The second kappa shape index (κ2) is 8.50. The minimum absolute atomic E-state index is 0.208. The number of amides is 1. The molecule has 0 heterocycles. The summed E-state index contributed by atoms with van der Waals surface area (Å²) < 4.78 is 0. The van der Waals surface area contributed by atoms with E-state index < -0.39 is 5.97 Å². The van der Waals surface area contributed by atoms with E-state index in [1.807, 2.05) is 12.2 Å². The number of carbonyl (C=O) groups is 2. The maximum absolute atomic E-state index is 13.0. The predicted molar refractivity (Wildman–Crippen MR) is 111 cm³/mol. The van der Waals surface area contributed by atoms with Gasteiger partial charge in [0.25, 0.3) is 5.91 Å². The van der Waals surface area contributed by atoms with Gasteiger partial charge in [0.2, 0.25) is 0 Å². The van der Waals surface area contributed by atoms with Crippen LogP contribution in [0.1, 0.15) is 33.6 Å². The van der Waals surface area contributed by atoms with Gasteiger partial charge in [0.05, 0.1) is 26.9 Å². The summed E-state index contributed by atoms with van der Waals surface area (Å²) in [5.41, 5.74) is 2.75. The first kappa shape index (κ1) is 20.0. The van der Waals surface area contributed by atoms with Gasteiger partial charge in [0.1, 0.15) is 0 Å². The second-order valence-corrected chi connectivity index (χ2v) is 7.08. The van der Waals surface area contributed by atoms with E-state index in [1.165, 1.54) is 12.1 Å². The van der Waals surface area contributed by atoms with Crippen molar-refractivity contribution in [3.63, 3.8) is 0 Å². The van der Waals surface area contributed by atoms with Crippen molar-refractivity contribution < 1.29 is 14.7 Å². The summed E-state index contributed by atoms with van der Waals surface area (Å²) in [7, 11) is 1.69. The maximum atomic E-state index is 13.0. The summed E-state index contributed by atoms with van der Waals surface area (Å²) >= 11 is 12.4. The Balaban J connectivity index is 1.90. The second-order valence-electron chi connectivity index (χ2n) is 6.27. The number of nitrogens with zero attached hydrogens (tertiary/aromatic N) is 1. The number of hydrogen-bond donors (Lipinski definition) is 2. The van der Waals surface area contributed by atoms with Crippen molar-refractivity contribution in [1.29, 1.82) is 0 Å². The molecule has 0 saturated heterocycles. The molecule has 2 N–H and O–H groups in total. The molecule has 7 heteroatoms. The van der Waals surface area contributed by atoms with Crippen LogP contribution in [-0.4, -0.2) is 28.9 Å². The third kappa shape index (κ3) is 4.21. The molecule has 0 bridgehead atoms. The molecule has 0 saturated carbocycles. The number of rotatable bonds is 5. The van der Waals surface area contributed by atoms with Gasteiger partial charge >= 0.3 is 5.97 Å². The third-order valence-electron chi connectivity index (χ3n) is 4.44. The molecule has 0 fully saturated rings. The van der Waals surface area contributed by atoms with E-state index in [1.54, 1.807) is 42.3 Å². The van der Waals surface area contributed by atoms with Gasteiger partial charge < -0.3 is 15.3 Å². The van der Waals surface area contributed by atoms with Crippen LogP contribution in [0.4, 0.5) is 5.69 Å². The van der Waals surface area contributed by atoms with Gasteiger partial charge in [-0.1, -0.05) is 35.3 Å². The predicted octanol–water partition coefficient (Wildman–Crippen LogP) is 5.44. The molecule has 0 unspecified atom stereocenters. The number of carboxylic acids is 1. The number of anilines is 1. The molecule has 144 valence electrons. The molecule has 5 nitrogen and oxygen atoms in total. The SMILES string of the molecule is CN(C(=O)c1c(Cl)cccc1Cl)C1=C(Nc2ccc(C(=O)O)cc2)C=CCC1. The lowest BCUT2D eigenvalue weighted by Crippen LogP contribution is -2.29. The van der Waals surface area contributed by atoms with Crippen molar-refractivity contribution in [3.05, 3.63) is 87.2 Å². The Bertz CT molecular complexity index is 961. The first-order valence-corrected chi connectivity index (χ1v) is 9.36. The average Bonchev–Trinajstić information content (AvgIpc) is 2.68. The highest BCUT2D eigenvalue weighted by molar-refractivity contribution is 6.39. The van der Waals surface area contributed by atoms with Crippen molar-refractivity contribution in [2.24, 2.45) is 0 Å². The molecule has 3 rings (SSSR count). The van der Waals surface area contributed by atoms with Gasteiger partial charge in [-0.25, -0.2) is 4.79 Å². The molecule has 2 aromatic rings. The molecule has 2 aromatic carbocycles. The van der Waals surface area contributed by atoms with E-state index in [0.717, 1.165) is 23.5 Å². The van der Waals surface area contributed by atoms with E-state index >= 15 is 0 Å². The van der Waals surface area contributed by atoms with E-state index in [0.29, 0.717) is 16.5 Å². The summed E-state index contributed by atoms with van der Waals surface area (Å²) in [6.45, 7) is 0. The van der Waals surface area contributed by atoms with Crippen molar-refractivity contribution in [2.75, 3.05) is 12.4 Å². The lowest BCUT2D eigenvalue weighted by atomic mass is 10.1. The van der Waals surface area contributed by atoms with Crippen LogP contribution >= 0.6 is 23.2 Å². The Hall–Kier alpha value is -2.76. The fraction of sp³-hybridized carbons (Fsp3) is 0.143. The fourth-order valence-corrected chi connectivity index (χ4v) is 3.52. The largest absolute Gasteiger partial charge is 0.478 e. The number of nitrogens with one attached hydrogen (secondary N) is 1. The minimum Gasteiger partial charge on any atom is -0.478 e. The lowest BCUT2D eigenvalue weighted by molar-refractivity contribution is 0.0696. The Morgan fingerprint density at radius 1 is 1.07 bits per heavy atom. The molecule has 28 heavy (non-hydrogen) atoms. The summed E-state index contributed by atoms with van der Waals surface area (Å²) in [5, 5.41) is 12.9. The number of allylic oxidation sites excluding steroid dienone is 3. The molecule has 1 aliphatic rings. The minimum atomic E-state index is -0.981. The zero-order chi connectivity index (χ0) is 20.3. The summed E-state index contributed by atoms with van der Waals surface area (Å²) in [5.74, 6) is -1.27. The smallest absolute Gasteiger partial charge is 0.335 e. The van der Waals surface area contributed by atoms with Crippen LogP contribution < -0.4 is 5.32 Å². The van der Waals surface area contributed by atoms with Crippen LogP contribution in [0.3, 0.4) is 0 Å². The highest BCUT2D eigenvalue weighted by atomic mass is 35.5. The molecule has 0 radical (unpaired) electrons. The van der Waals surface area contributed by atoms with Gasteiger partial charge in [0.15, 0.2) is 0 Å². The Kier molecular flexibility index (Phi) is 6.07. The van der Waals surface area contributed by atoms with Gasteiger partial charge in [-0.05, 0) is 55.3 Å². The quantitative estimate of drug-likeness (QED) is 0.680. The van der Waals surface area contributed by atoms with Crippen molar-refractivity contribution in [2.45, 2.75) is 12.8 Å². The van der Waals surface area contributed by atoms with Crippen LogP contribution in [0.2, 0.25) is 10.0 Å². The van der Waals surface area contributed by atoms with Gasteiger partial charge in [-0.3, -0.25) is 4.79 Å². The summed E-state index contributed by atoms with van der Waals surface area (Å²) in [6, 6.07) is 11.4. The Labute approximate surface area is 172 Å². The normalized spacial score (nSPS) is 13.4. The molecule has 0 aliphatic heterocycles. The standard InChI is InChI=1S/C21H18Cl2N2O3/c1-25(20(26)19-15(22)5-4-6-16(19)23)18-8-3-2-7-17(18)24-14-11-9-13(10-12-14)21(27)28/h2,4-7,9-12,24H,3,8H2,1H3,(H,27,28). The van der Waals surface area contributed by atoms with Crippen LogP contribution in [-0.2, 0) is 0 Å². The third-order valence-corrected chi connectivity index (χ3v) is 5.07. The highest BCUT2D eigenvalue weighted by Gasteiger charge is 2.23. The first-order chi connectivity index (χ1) is 13.4. The van der Waals surface area contributed by atoms with E-state index in [2.05, 4.69) is 5.32 Å². The fourth-order valence-electron chi connectivity index (χ4n) is 2.96. The number of aromatic carboxylic acids is 1. The van der Waals surface area contributed by atoms with Crippen LogP contribution in [0.5, 0.6) is 0 Å². The van der Waals surface area contributed by atoms with Crippen LogP contribution in [0, 0.1) is 0 Å². The number of benzene rings is 2. The summed E-state index contributed by atoms with van der Waals surface area (Å²) in [6.07, 6.45) is 5.38. The van der Waals surface area contributed by atoms with Gasteiger partial charge in [-0.2, -0.15) is 0 Å². The molecular weight excluding hydrogens is 399 g/mol. The zero-order valence-electron chi connectivity index (χ0n) is 15.1. The Morgan fingerprint density at radius 3 is 2.32 bits per heavy atom. The molecule has 0 spiro atoms. The van der Waals surface area contributed by atoms with E-state index in [-0.39, 0.29) is 17.0 Å². The monoisotopic (exact) mass is 416 g/mol. The van der Waals surface area contributed by atoms with Crippen LogP contribution in [0.15, 0.2) is 66.0 Å². The number of carbonyl (C=O) groups excluding carboxylic acids is 1. The number of halogens is 2. The molecular formula is C21H18Cl2N2O3. The number of carboxylic acid groups (broad SMARTS) is 1. The molecule has 1 amide bonds.